The molecule has 0 aliphatic carbocycles. The first kappa shape index (κ1) is 15.8. The van der Waals surface area contributed by atoms with E-state index in [2.05, 4.69) is 10.0 Å². The predicted molar refractivity (Wildman–Crippen MR) is 78.2 cm³/mol. The zero-order valence-electron chi connectivity index (χ0n) is 10.4. The number of halogens is 1. The molecule has 0 amide bonds. The topological polar surface area (TPSA) is 84.2 Å². The summed E-state index contributed by atoms with van der Waals surface area (Å²) in [6, 6.07) is 4.48. The molecule has 0 heterocycles. The highest BCUT2D eigenvalue weighted by Crippen LogP contribution is 2.14. The summed E-state index contributed by atoms with van der Waals surface area (Å²) in [5.74, 6) is -0.480. The van der Waals surface area contributed by atoms with Gasteiger partial charge in [0.1, 0.15) is 10.8 Å². The van der Waals surface area contributed by atoms with Crippen LogP contribution in [0.2, 0.25) is 0 Å². The van der Waals surface area contributed by atoms with E-state index in [-0.39, 0.29) is 10.6 Å². The van der Waals surface area contributed by atoms with Gasteiger partial charge in [0.25, 0.3) is 0 Å². The fourth-order valence-corrected chi connectivity index (χ4v) is 2.08. The van der Waals surface area contributed by atoms with E-state index in [1.807, 2.05) is 0 Å². The van der Waals surface area contributed by atoms with Gasteiger partial charge in [0.15, 0.2) is 0 Å². The van der Waals surface area contributed by atoms with Crippen molar-refractivity contribution in [1.82, 2.24) is 4.72 Å². The molecule has 5 nitrogen and oxygen atoms in total. The van der Waals surface area contributed by atoms with Crippen LogP contribution in [0.1, 0.15) is 12.0 Å². The Labute approximate surface area is 117 Å². The van der Waals surface area contributed by atoms with E-state index in [0.29, 0.717) is 25.2 Å². The Morgan fingerprint density at radius 2 is 2.11 bits per heavy atom. The lowest BCUT2D eigenvalue weighted by atomic mass is 10.2. The summed E-state index contributed by atoms with van der Waals surface area (Å²) >= 11 is 4.70. The Hall–Kier alpha value is -1.25. The van der Waals surface area contributed by atoms with Gasteiger partial charge in [-0.2, -0.15) is 0 Å². The molecule has 1 rings (SSSR count). The number of rotatable bonds is 7. The van der Waals surface area contributed by atoms with Crippen molar-refractivity contribution < 1.29 is 12.8 Å². The van der Waals surface area contributed by atoms with Crippen molar-refractivity contribution in [3.8, 4) is 0 Å². The minimum Gasteiger partial charge on any atom is -0.389 e. The summed E-state index contributed by atoms with van der Waals surface area (Å²) < 4.78 is 37.5. The Morgan fingerprint density at radius 1 is 1.42 bits per heavy atom. The average Bonchev–Trinajstić information content (AvgIpc) is 2.26. The molecule has 0 aliphatic rings. The molecule has 0 spiro atoms. The van der Waals surface area contributed by atoms with Crippen LogP contribution < -0.4 is 15.8 Å². The normalized spacial score (nSPS) is 11.3. The maximum Gasteiger partial charge on any atom is 0.208 e. The first-order valence-electron chi connectivity index (χ1n) is 5.57. The molecule has 8 heteroatoms. The first-order valence-corrected chi connectivity index (χ1v) is 7.87. The molecule has 1 aromatic carbocycles. The number of anilines is 1. The third-order valence-corrected chi connectivity index (χ3v) is 3.23. The van der Waals surface area contributed by atoms with Gasteiger partial charge in [-0.1, -0.05) is 12.2 Å². The lowest BCUT2D eigenvalue weighted by Crippen LogP contribution is -2.24. The first-order chi connectivity index (χ1) is 8.79. The highest BCUT2D eigenvalue weighted by Gasteiger charge is 2.05. The van der Waals surface area contributed by atoms with E-state index in [9.17, 15) is 12.8 Å². The second-order valence-electron chi connectivity index (χ2n) is 4.01. The summed E-state index contributed by atoms with van der Waals surface area (Å²) in [6.07, 6.45) is 1.69. The van der Waals surface area contributed by atoms with Gasteiger partial charge in [-0.15, -0.1) is 0 Å². The molecule has 0 unspecified atom stereocenters. The Morgan fingerprint density at radius 3 is 2.63 bits per heavy atom. The van der Waals surface area contributed by atoms with Crippen LogP contribution in [0.3, 0.4) is 0 Å². The summed E-state index contributed by atoms with van der Waals surface area (Å²) in [5.41, 5.74) is 6.15. The maximum atomic E-state index is 13.5. The molecule has 0 saturated heterocycles. The number of sulfonamides is 1. The van der Waals surface area contributed by atoms with E-state index in [1.165, 1.54) is 12.1 Å². The smallest absolute Gasteiger partial charge is 0.208 e. The van der Waals surface area contributed by atoms with Gasteiger partial charge in [-0.3, -0.25) is 0 Å². The third kappa shape index (κ3) is 5.95. The highest BCUT2D eigenvalue weighted by molar-refractivity contribution is 7.88. The van der Waals surface area contributed by atoms with Gasteiger partial charge in [0.05, 0.1) is 6.26 Å². The van der Waals surface area contributed by atoms with Gasteiger partial charge < -0.3 is 11.1 Å². The SMILES string of the molecule is CS(=O)(=O)NCCCNc1ccc(C(N)=S)c(F)c1. The van der Waals surface area contributed by atoms with Gasteiger partial charge >= 0.3 is 0 Å². The Bertz CT molecular complexity index is 561. The van der Waals surface area contributed by atoms with Crippen LogP contribution in [0.4, 0.5) is 10.1 Å². The monoisotopic (exact) mass is 305 g/mol. The highest BCUT2D eigenvalue weighted by atomic mass is 32.2. The van der Waals surface area contributed by atoms with Crippen LogP contribution in [0.5, 0.6) is 0 Å². The van der Waals surface area contributed by atoms with E-state index in [0.717, 1.165) is 6.26 Å². The van der Waals surface area contributed by atoms with Crippen LogP contribution in [-0.2, 0) is 10.0 Å². The molecule has 0 aliphatic heterocycles. The molecule has 0 fully saturated rings. The average molecular weight is 305 g/mol. The van der Waals surface area contributed by atoms with Crippen molar-refractivity contribution in [2.45, 2.75) is 6.42 Å². The molecule has 0 bridgehead atoms. The molecule has 106 valence electrons. The largest absolute Gasteiger partial charge is 0.389 e. The zero-order chi connectivity index (χ0) is 14.5. The Kier molecular flexibility index (Phi) is 5.64. The van der Waals surface area contributed by atoms with E-state index >= 15 is 0 Å². The molecule has 0 aromatic heterocycles. The van der Waals surface area contributed by atoms with Gasteiger partial charge in [-0.25, -0.2) is 17.5 Å². The quantitative estimate of drug-likeness (QED) is 0.513. The predicted octanol–water partition coefficient (Wildman–Crippen LogP) is 0.811. The summed E-state index contributed by atoms with van der Waals surface area (Å²) in [5, 5.41) is 2.98. The molecule has 1 aromatic rings. The zero-order valence-corrected chi connectivity index (χ0v) is 12.1. The molecule has 0 saturated carbocycles. The van der Waals surface area contributed by atoms with Gasteiger partial charge in [-0.05, 0) is 24.6 Å². The van der Waals surface area contributed by atoms with Gasteiger partial charge in [0, 0.05) is 24.3 Å². The summed E-state index contributed by atoms with van der Waals surface area (Å²) in [4.78, 5) is 0.0152. The molecule has 0 radical (unpaired) electrons. The van der Waals surface area contributed by atoms with E-state index in [4.69, 9.17) is 18.0 Å². The number of benzene rings is 1. The molecule has 4 N–H and O–H groups in total. The number of hydrogen-bond acceptors (Lipinski definition) is 4. The van der Waals surface area contributed by atoms with Crippen molar-refractivity contribution in [2.75, 3.05) is 24.7 Å². The van der Waals surface area contributed by atoms with Crippen LogP contribution in [-0.4, -0.2) is 32.8 Å². The lowest BCUT2D eigenvalue weighted by molar-refractivity contribution is 0.586. The van der Waals surface area contributed by atoms with Crippen LogP contribution in [0.15, 0.2) is 18.2 Å². The number of thiocarbonyl (C=S) groups is 1. The van der Waals surface area contributed by atoms with E-state index < -0.39 is 15.8 Å². The fourth-order valence-electron chi connectivity index (χ4n) is 1.40. The van der Waals surface area contributed by atoms with Crippen molar-refractivity contribution in [3.63, 3.8) is 0 Å². The third-order valence-electron chi connectivity index (χ3n) is 2.28. The summed E-state index contributed by atoms with van der Waals surface area (Å²) in [6.45, 7) is 0.855. The van der Waals surface area contributed by atoms with Crippen molar-refractivity contribution in [3.05, 3.63) is 29.6 Å². The number of hydrogen-bond donors (Lipinski definition) is 3. The molecular formula is C11H16FN3O2S2. The van der Waals surface area contributed by atoms with Crippen molar-refractivity contribution in [2.24, 2.45) is 5.73 Å². The van der Waals surface area contributed by atoms with Crippen LogP contribution in [0.25, 0.3) is 0 Å². The van der Waals surface area contributed by atoms with Crippen LogP contribution >= 0.6 is 12.2 Å². The minimum atomic E-state index is -3.16. The van der Waals surface area contributed by atoms with Crippen molar-refractivity contribution in [1.29, 1.82) is 0 Å². The van der Waals surface area contributed by atoms with Gasteiger partial charge in [0.2, 0.25) is 10.0 Å². The summed E-state index contributed by atoms with van der Waals surface area (Å²) in [7, 11) is -3.16. The molecule has 0 atom stereocenters. The molecular weight excluding hydrogens is 289 g/mol. The Balaban J connectivity index is 2.42. The molecule has 19 heavy (non-hydrogen) atoms. The number of nitrogens with one attached hydrogen (secondary N) is 2. The minimum absolute atomic E-state index is 0.0152. The second kappa shape index (κ2) is 6.78. The second-order valence-corrected chi connectivity index (χ2v) is 6.28. The maximum absolute atomic E-state index is 13.5. The number of nitrogens with two attached hydrogens (primary N) is 1. The fraction of sp³-hybridized carbons (Fsp3) is 0.364. The lowest BCUT2D eigenvalue weighted by Gasteiger charge is -2.08. The van der Waals surface area contributed by atoms with Crippen LogP contribution in [0, 0.1) is 5.82 Å². The van der Waals surface area contributed by atoms with Crippen molar-refractivity contribution >= 4 is 32.9 Å². The van der Waals surface area contributed by atoms with E-state index in [1.54, 1.807) is 6.07 Å². The standard InChI is InChI=1S/C11H16FN3O2S2/c1-19(16,17)15-6-2-5-14-8-3-4-9(11(13)18)10(12)7-8/h3-4,7,14-15H,2,5-6H2,1H3,(H2,13,18).